The fourth-order valence-electron chi connectivity index (χ4n) is 3.55. The topological polar surface area (TPSA) is 41.6 Å². The van der Waals surface area contributed by atoms with Crippen LogP contribution in [0.3, 0.4) is 0 Å². The lowest BCUT2D eigenvalue weighted by atomic mass is 9.90. The van der Waals surface area contributed by atoms with E-state index in [1.54, 1.807) is 25.3 Å². The number of anilines is 1. The van der Waals surface area contributed by atoms with E-state index in [0.29, 0.717) is 12.5 Å². The standard InChI is InChI=1S/C22H27FN2O2/c1-27-19-10-8-17(9-11-19)6-7-18-12-14-25(15-13-18)16-22(26)24-21-5-3-2-4-20(21)23/h2-5,8-11,18H,6-7,12-16H2,1H3,(H,24,26). The summed E-state index contributed by atoms with van der Waals surface area (Å²) in [6, 6.07) is 14.5. The minimum absolute atomic E-state index is 0.156. The van der Waals surface area contributed by atoms with Crippen molar-refractivity contribution in [3.63, 3.8) is 0 Å². The molecule has 1 fully saturated rings. The minimum atomic E-state index is -0.400. The number of carbonyl (C=O) groups excluding carboxylic acids is 1. The third kappa shape index (κ3) is 5.79. The molecule has 3 rings (SSSR count). The van der Waals surface area contributed by atoms with Crippen LogP contribution in [0.1, 0.15) is 24.8 Å². The Balaban J connectivity index is 1.38. The fourth-order valence-corrected chi connectivity index (χ4v) is 3.55. The largest absolute Gasteiger partial charge is 0.497 e. The number of amides is 1. The molecule has 0 unspecified atom stereocenters. The van der Waals surface area contributed by atoms with E-state index in [-0.39, 0.29) is 11.6 Å². The normalized spacial score (nSPS) is 15.5. The Morgan fingerprint density at radius 2 is 1.85 bits per heavy atom. The summed E-state index contributed by atoms with van der Waals surface area (Å²) in [6.45, 7) is 2.15. The summed E-state index contributed by atoms with van der Waals surface area (Å²) in [7, 11) is 1.68. The van der Waals surface area contributed by atoms with Crippen LogP contribution in [-0.4, -0.2) is 37.6 Å². The van der Waals surface area contributed by atoms with Gasteiger partial charge in [0.05, 0.1) is 19.3 Å². The number of benzene rings is 2. The summed E-state index contributed by atoms with van der Waals surface area (Å²) < 4.78 is 18.8. The number of para-hydroxylation sites is 1. The van der Waals surface area contributed by atoms with Crippen molar-refractivity contribution < 1.29 is 13.9 Å². The van der Waals surface area contributed by atoms with Gasteiger partial charge in [0, 0.05) is 0 Å². The third-order valence-corrected chi connectivity index (χ3v) is 5.22. The van der Waals surface area contributed by atoms with Crippen LogP contribution in [0.25, 0.3) is 0 Å². The lowest BCUT2D eigenvalue weighted by Crippen LogP contribution is -2.39. The average Bonchev–Trinajstić information content (AvgIpc) is 2.69. The van der Waals surface area contributed by atoms with Crippen LogP contribution in [-0.2, 0) is 11.2 Å². The second-order valence-corrected chi connectivity index (χ2v) is 7.13. The smallest absolute Gasteiger partial charge is 0.238 e. The summed E-state index contributed by atoms with van der Waals surface area (Å²) in [5.41, 5.74) is 1.58. The predicted octanol–water partition coefficient (Wildman–Crippen LogP) is 4.12. The minimum Gasteiger partial charge on any atom is -0.497 e. The zero-order chi connectivity index (χ0) is 19.1. The zero-order valence-corrected chi connectivity index (χ0v) is 15.8. The fraction of sp³-hybridized carbons (Fsp3) is 0.409. The van der Waals surface area contributed by atoms with E-state index < -0.39 is 5.82 Å². The summed E-state index contributed by atoms with van der Waals surface area (Å²) in [4.78, 5) is 14.3. The number of methoxy groups -OCH3 is 1. The molecule has 1 heterocycles. The maximum atomic E-state index is 13.6. The molecule has 144 valence electrons. The summed E-state index contributed by atoms with van der Waals surface area (Å²) in [6.07, 6.45) is 4.44. The molecule has 0 spiro atoms. The number of nitrogens with one attached hydrogen (secondary N) is 1. The first-order valence-electron chi connectivity index (χ1n) is 9.53. The molecular weight excluding hydrogens is 343 g/mol. The lowest BCUT2D eigenvalue weighted by Gasteiger charge is -2.31. The molecule has 1 amide bonds. The van der Waals surface area contributed by atoms with Gasteiger partial charge in [-0.25, -0.2) is 4.39 Å². The Kier molecular flexibility index (Phi) is 6.82. The number of ether oxygens (including phenoxy) is 1. The SMILES string of the molecule is COc1ccc(CCC2CCN(CC(=O)Nc3ccccc3F)CC2)cc1. The molecule has 0 saturated carbocycles. The van der Waals surface area contributed by atoms with Gasteiger partial charge in [0.1, 0.15) is 11.6 Å². The number of rotatable bonds is 7. The van der Waals surface area contributed by atoms with Gasteiger partial charge >= 0.3 is 0 Å². The van der Waals surface area contributed by atoms with Crippen LogP contribution in [0.2, 0.25) is 0 Å². The maximum Gasteiger partial charge on any atom is 0.238 e. The lowest BCUT2D eigenvalue weighted by molar-refractivity contribution is -0.117. The van der Waals surface area contributed by atoms with Gasteiger partial charge in [0.2, 0.25) is 5.91 Å². The Labute approximate surface area is 160 Å². The highest BCUT2D eigenvalue weighted by Crippen LogP contribution is 2.23. The first kappa shape index (κ1) is 19.4. The van der Waals surface area contributed by atoms with Gasteiger partial charge < -0.3 is 10.1 Å². The van der Waals surface area contributed by atoms with Crippen molar-refractivity contribution in [1.29, 1.82) is 0 Å². The first-order valence-corrected chi connectivity index (χ1v) is 9.53. The average molecular weight is 370 g/mol. The highest BCUT2D eigenvalue weighted by molar-refractivity contribution is 5.92. The molecular formula is C22H27FN2O2. The molecule has 1 saturated heterocycles. The van der Waals surface area contributed by atoms with Crippen molar-refractivity contribution in [2.75, 3.05) is 32.1 Å². The van der Waals surface area contributed by atoms with Gasteiger partial charge in [-0.2, -0.15) is 0 Å². The van der Waals surface area contributed by atoms with Crippen LogP contribution >= 0.6 is 0 Å². The molecule has 0 radical (unpaired) electrons. The first-order chi connectivity index (χ1) is 13.1. The molecule has 0 aromatic heterocycles. The molecule has 1 aliphatic rings. The second kappa shape index (κ2) is 9.51. The molecule has 1 aliphatic heterocycles. The quantitative estimate of drug-likeness (QED) is 0.797. The van der Waals surface area contributed by atoms with Gasteiger partial charge in [0.25, 0.3) is 0 Å². The van der Waals surface area contributed by atoms with Gasteiger partial charge in [-0.3, -0.25) is 9.69 Å². The highest BCUT2D eigenvalue weighted by atomic mass is 19.1. The van der Waals surface area contributed by atoms with Crippen LogP contribution < -0.4 is 10.1 Å². The van der Waals surface area contributed by atoms with Crippen LogP contribution in [0.5, 0.6) is 5.75 Å². The van der Waals surface area contributed by atoms with Crippen molar-refractivity contribution >= 4 is 11.6 Å². The van der Waals surface area contributed by atoms with Gasteiger partial charge in [0.15, 0.2) is 0 Å². The van der Waals surface area contributed by atoms with Gasteiger partial charge in [-0.05, 0) is 74.5 Å². The molecule has 1 N–H and O–H groups in total. The van der Waals surface area contributed by atoms with Crippen LogP contribution in [0.15, 0.2) is 48.5 Å². The zero-order valence-electron chi connectivity index (χ0n) is 15.8. The van der Waals surface area contributed by atoms with E-state index >= 15 is 0 Å². The molecule has 0 bridgehead atoms. The van der Waals surface area contributed by atoms with Crippen LogP contribution in [0.4, 0.5) is 10.1 Å². The monoisotopic (exact) mass is 370 g/mol. The summed E-state index contributed by atoms with van der Waals surface area (Å²) in [5, 5.41) is 2.66. The number of carbonyl (C=O) groups is 1. The van der Waals surface area contributed by atoms with Gasteiger partial charge in [-0.15, -0.1) is 0 Å². The Bertz CT molecular complexity index is 740. The van der Waals surface area contributed by atoms with Crippen molar-refractivity contribution in [3.05, 3.63) is 59.9 Å². The second-order valence-electron chi connectivity index (χ2n) is 7.13. The van der Waals surface area contributed by atoms with Crippen LogP contribution in [0, 0.1) is 11.7 Å². The molecule has 2 aromatic rings. The summed E-state index contributed by atoms with van der Waals surface area (Å²) in [5.74, 6) is 1.03. The number of nitrogens with zero attached hydrogens (tertiary/aromatic N) is 1. The number of hydrogen-bond donors (Lipinski definition) is 1. The number of halogens is 1. The Morgan fingerprint density at radius 3 is 2.52 bits per heavy atom. The Hall–Kier alpha value is -2.40. The highest BCUT2D eigenvalue weighted by Gasteiger charge is 2.21. The van der Waals surface area contributed by atoms with Crippen molar-refractivity contribution in [1.82, 2.24) is 4.90 Å². The van der Waals surface area contributed by atoms with E-state index in [2.05, 4.69) is 22.3 Å². The molecule has 4 nitrogen and oxygen atoms in total. The number of aryl methyl sites for hydroxylation is 1. The van der Waals surface area contributed by atoms with E-state index in [1.807, 2.05) is 12.1 Å². The molecule has 2 aromatic carbocycles. The van der Waals surface area contributed by atoms with Gasteiger partial charge in [-0.1, -0.05) is 24.3 Å². The maximum absolute atomic E-state index is 13.6. The molecule has 5 heteroatoms. The van der Waals surface area contributed by atoms with Crippen molar-refractivity contribution in [2.45, 2.75) is 25.7 Å². The van der Waals surface area contributed by atoms with E-state index in [9.17, 15) is 9.18 Å². The molecule has 0 aliphatic carbocycles. The Morgan fingerprint density at radius 1 is 1.15 bits per heavy atom. The number of hydrogen-bond acceptors (Lipinski definition) is 3. The molecule has 27 heavy (non-hydrogen) atoms. The van der Waals surface area contributed by atoms with E-state index in [4.69, 9.17) is 4.74 Å². The predicted molar refractivity (Wildman–Crippen MR) is 106 cm³/mol. The third-order valence-electron chi connectivity index (χ3n) is 5.22. The van der Waals surface area contributed by atoms with Crippen molar-refractivity contribution in [2.24, 2.45) is 5.92 Å². The van der Waals surface area contributed by atoms with Crippen molar-refractivity contribution in [3.8, 4) is 5.75 Å². The number of likely N-dealkylation sites (tertiary alicyclic amines) is 1. The molecule has 0 atom stereocenters. The van der Waals surface area contributed by atoms with E-state index in [1.165, 1.54) is 18.1 Å². The number of piperidine rings is 1. The van der Waals surface area contributed by atoms with E-state index in [0.717, 1.165) is 38.1 Å². The summed E-state index contributed by atoms with van der Waals surface area (Å²) >= 11 is 0.